The molecule has 3 nitrogen and oxygen atoms in total. The molecule has 0 spiro atoms. The molecule has 2 rings (SSSR count). The van der Waals surface area contributed by atoms with Crippen LogP contribution in [0.1, 0.15) is 45.2 Å². The number of rotatable bonds is 6. The summed E-state index contributed by atoms with van der Waals surface area (Å²) in [5.41, 5.74) is 2.11. The fourth-order valence-corrected chi connectivity index (χ4v) is 2.37. The minimum Gasteiger partial charge on any atom is -0.326 e. The normalized spacial score (nSPS) is 22.9. The third kappa shape index (κ3) is 3.57. The van der Waals surface area contributed by atoms with E-state index < -0.39 is 0 Å². The van der Waals surface area contributed by atoms with Crippen LogP contribution in [0.4, 0.5) is 5.69 Å². The van der Waals surface area contributed by atoms with E-state index in [1.54, 1.807) is 0 Å². The molecule has 1 aliphatic rings. The average molecular weight is 260 g/mol. The van der Waals surface area contributed by atoms with Gasteiger partial charge in [-0.05, 0) is 43.9 Å². The van der Waals surface area contributed by atoms with E-state index in [0.29, 0.717) is 5.92 Å². The predicted molar refractivity (Wildman–Crippen MR) is 79.1 cm³/mol. The Morgan fingerprint density at radius 2 is 2.11 bits per heavy atom. The fourth-order valence-electron chi connectivity index (χ4n) is 2.37. The number of hydrogen-bond acceptors (Lipinski definition) is 2. The highest BCUT2D eigenvalue weighted by Gasteiger charge is 2.39. The van der Waals surface area contributed by atoms with Crippen LogP contribution in [0, 0.1) is 11.8 Å². The van der Waals surface area contributed by atoms with Crippen molar-refractivity contribution in [1.29, 1.82) is 0 Å². The van der Waals surface area contributed by atoms with Gasteiger partial charge in [-0.3, -0.25) is 4.79 Å². The Balaban J connectivity index is 2.05. The second-order valence-electron chi connectivity index (χ2n) is 5.57. The first-order valence-electron chi connectivity index (χ1n) is 7.26. The second-order valence-corrected chi connectivity index (χ2v) is 5.57. The largest absolute Gasteiger partial charge is 0.326 e. The van der Waals surface area contributed by atoms with Crippen LogP contribution in [0.15, 0.2) is 24.3 Å². The highest BCUT2D eigenvalue weighted by molar-refractivity contribution is 5.95. The molecule has 1 fully saturated rings. The number of hydrogen-bond donors (Lipinski definition) is 2. The lowest BCUT2D eigenvalue weighted by Gasteiger charge is -2.18. The van der Waals surface area contributed by atoms with E-state index >= 15 is 0 Å². The average Bonchev–Trinajstić information content (AvgIpc) is 3.14. The zero-order valence-corrected chi connectivity index (χ0v) is 12.1. The van der Waals surface area contributed by atoms with Gasteiger partial charge in [0, 0.05) is 17.6 Å². The molecule has 0 bridgehead atoms. The molecule has 3 heteroatoms. The highest BCUT2D eigenvalue weighted by Crippen LogP contribution is 2.38. The molecule has 1 amide bonds. The Morgan fingerprint density at radius 3 is 2.74 bits per heavy atom. The topological polar surface area (TPSA) is 41.1 Å². The van der Waals surface area contributed by atoms with Gasteiger partial charge in [0.15, 0.2) is 0 Å². The number of carbonyl (C=O) groups is 1. The SMILES string of the molecule is CCCNC(C)c1ccccc1NC(=O)C1CC1C. The van der Waals surface area contributed by atoms with E-state index in [1.807, 2.05) is 18.2 Å². The highest BCUT2D eigenvalue weighted by atomic mass is 16.2. The third-order valence-electron chi connectivity index (χ3n) is 3.83. The Labute approximate surface area is 115 Å². The summed E-state index contributed by atoms with van der Waals surface area (Å²) < 4.78 is 0. The van der Waals surface area contributed by atoms with Crippen LogP contribution < -0.4 is 10.6 Å². The van der Waals surface area contributed by atoms with Crippen molar-refractivity contribution in [2.24, 2.45) is 11.8 Å². The molecule has 104 valence electrons. The molecule has 3 unspecified atom stereocenters. The molecule has 1 saturated carbocycles. The van der Waals surface area contributed by atoms with Crippen molar-refractivity contribution in [3.8, 4) is 0 Å². The maximum absolute atomic E-state index is 12.0. The van der Waals surface area contributed by atoms with Crippen LogP contribution in [0.5, 0.6) is 0 Å². The summed E-state index contributed by atoms with van der Waals surface area (Å²) in [7, 11) is 0. The predicted octanol–water partition coefficient (Wildman–Crippen LogP) is 3.34. The summed E-state index contributed by atoms with van der Waals surface area (Å²) in [6.07, 6.45) is 2.14. The molecule has 19 heavy (non-hydrogen) atoms. The fraction of sp³-hybridized carbons (Fsp3) is 0.562. The van der Waals surface area contributed by atoms with Crippen LogP contribution >= 0.6 is 0 Å². The van der Waals surface area contributed by atoms with Crippen molar-refractivity contribution in [1.82, 2.24) is 5.32 Å². The van der Waals surface area contributed by atoms with Crippen LogP contribution in [-0.4, -0.2) is 12.5 Å². The van der Waals surface area contributed by atoms with E-state index in [0.717, 1.165) is 30.6 Å². The lowest BCUT2D eigenvalue weighted by molar-refractivity contribution is -0.117. The van der Waals surface area contributed by atoms with E-state index in [-0.39, 0.29) is 17.9 Å². The van der Waals surface area contributed by atoms with Gasteiger partial charge in [0.05, 0.1) is 0 Å². The molecule has 1 aromatic carbocycles. The van der Waals surface area contributed by atoms with Crippen molar-refractivity contribution < 1.29 is 4.79 Å². The summed E-state index contributed by atoms with van der Waals surface area (Å²) in [6.45, 7) is 7.41. The Kier molecular flexibility index (Phi) is 4.59. The van der Waals surface area contributed by atoms with E-state index in [4.69, 9.17) is 0 Å². The quantitative estimate of drug-likeness (QED) is 0.823. The molecule has 0 aliphatic heterocycles. The number of carbonyl (C=O) groups excluding carboxylic acids is 1. The lowest BCUT2D eigenvalue weighted by Crippen LogP contribution is -2.22. The number of amides is 1. The van der Waals surface area contributed by atoms with Gasteiger partial charge in [-0.25, -0.2) is 0 Å². The van der Waals surface area contributed by atoms with Crippen molar-refractivity contribution in [3.63, 3.8) is 0 Å². The Morgan fingerprint density at radius 1 is 1.42 bits per heavy atom. The minimum atomic E-state index is 0.169. The van der Waals surface area contributed by atoms with E-state index in [9.17, 15) is 4.79 Å². The van der Waals surface area contributed by atoms with Crippen LogP contribution in [0.3, 0.4) is 0 Å². The van der Waals surface area contributed by atoms with Crippen LogP contribution in [0.2, 0.25) is 0 Å². The maximum atomic E-state index is 12.0. The van der Waals surface area contributed by atoms with Gasteiger partial charge in [-0.2, -0.15) is 0 Å². The molecule has 1 aliphatic carbocycles. The lowest BCUT2D eigenvalue weighted by atomic mass is 10.1. The first-order valence-corrected chi connectivity index (χ1v) is 7.26. The van der Waals surface area contributed by atoms with Crippen LogP contribution in [-0.2, 0) is 4.79 Å². The van der Waals surface area contributed by atoms with Gasteiger partial charge in [0.2, 0.25) is 5.91 Å². The second kappa shape index (κ2) is 6.20. The molecule has 3 atom stereocenters. The smallest absolute Gasteiger partial charge is 0.227 e. The summed E-state index contributed by atoms with van der Waals surface area (Å²) in [6, 6.07) is 8.33. The summed E-state index contributed by atoms with van der Waals surface area (Å²) in [5.74, 6) is 0.928. The van der Waals surface area contributed by atoms with E-state index in [1.165, 1.54) is 0 Å². The zero-order valence-electron chi connectivity index (χ0n) is 12.1. The van der Waals surface area contributed by atoms with Gasteiger partial charge < -0.3 is 10.6 Å². The number of benzene rings is 1. The molecule has 2 N–H and O–H groups in total. The molecule has 0 radical (unpaired) electrons. The maximum Gasteiger partial charge on any atom is 0.227 e. The van der Waals surface area contributed by atoms with Crippen molar-refractivity contribution in [2.75, 3.05) is 11.9 Å². The van der Waals surface area contributed by atoms with E-state index in [2.05, 4.69) is 37.5 Å². The third-order valence-corrected chi connectivity index (χ3v) is 3.83. The summed E-state index contributed by atoms with van der Waals surface area (Å²) >= 11 is 0. The zero-order chi connectivity index (χ0) is 13.8. The number of anilines is 1. The Hall–Kier alpha value is -1.35. The van der Waals surface area contributed by atoms with Gasteiger partial charge in [0.25, 0.3) is 0 Å². The van der Waals surface area contributed by atoms with Gasteiger partial charge >= 0.3 is 0 Å². The molecule has 0 heterocycles. The van der Waals surface area contributed by atoms with Crippen molar-refractivity contribution >= 4 is 11.6 Å². The summed E-state index contributed by atoms with van der Waals surface area (Å²) in [4.78, 5) is 12.0. The monoisotopic (exact) mass is 260 g/mol. The van der Waals surface area contributed by atoms with Crippen LogP contribution in [0.25, 0.3) is 0 Å². The van der Waals surface area contributed by atoms with Gasteiger partial charge in [-0.15, -0.1) is 0 Å². The Bertz CT molecular complexity index is 444. The molecular weight excluding hydrogens is 236 g/mol. The van der Waals surface area contributed by atoms with Gasteiger partial charge in [-0.1, -0.05) is 32.0 Å². The first-order chi connectivity index (χ1) is 9.13. The molecule has 0 saturated heterocycles. The molecule has 1 aromatic rings. The number of para-hydroxylation sites is 1. The molecule has 0 aromatic heterocycles. The standard InChI is InChI=1S/C16H24N2O/c1-4-9-17-12(3)13-7-5-6-8-15(13)18-16(19)14-10-11(14)2/h5-8,11-12,14,17H,4,9-10H2,1-3H3,(H,18,19). The van der Waals surface area contributed by atoms with Gasteiger partial charge in [0.1, 0.15) is 0 Å². The van der Waals surface area contributed by atoms with Crippen molar-refractivity contribution in [2.45, 2.75) is 39.7 Å². The first kappa shape index (κ1) is 14.1. The van der Waals surface area contributed by atoms with Crippen molar-refractivity contribution in [3.05, 3.63) is 29.8 Å². The minimum absolute atomic E-state index is 0.169. The number of nitrogens with one attached hydrogen (secondary N) is 2. The summed E-state index contributed by atoms with van der Waals surface area (Å²) in [5, 5.41) is 6.55. The molecular formula is C16H24N2O.